The van der Waals surface area contributed by atoms with Crippen molar-refractivity contribution in [2.45, 2.75) is 57.5 Å². The number of pyridine rings is 1. The van der Waals surface area contributed by atoms with Gasteiger partial charge in [-0.3, -0.25) is 4.98 Å². The van der Waals surface area contributed by atoms with E-state index in [4.69, 9.17) is 0 Å². The number of nitrogens with zero attached hydrogens (tertiary/aromatic N) is 1. The average Bonchev–Trinajstić information content (AvgIpc) is 3.43. The second-order valence-electron chi connectivity index (χ2n) is 14.1. The summed E-state index contributed by atoms with van der Waals surface area (Å²) in [6, 6.07) is 20.8. The van der Waals surface area contributed by atoms with Gasteiger partial charge >= 0.3 is 6.18 Å². The number of aromatic nitrogens is 1. The second-order valence-corrected chi connectivity index (χ2v) is 15.1. The van der Waals surface area contributed by atoms with E-state index in [2.05, 4.69) is 112 Å². The van der Waals surface area contributed by atoms with Gasteiger partial charge in [-0.2, -0.15) is 13.2 Å². The third-order valence-corrected chi connectivity index (χ3v) is 10.7. The summed E-state index contributed by atoms with van der Waals surface area (Å²) >= 11 is 1.21. The smallest absolute Gasteiger partial charge is 0.255 e. The molecule has 3 aliphatic carbocycles. The number of hydrogen-bond donors (Lipinski definition) is 0. The first-order valence-electron chi connectivity index (χ1n) is 15.3. The first-order valence-corrected chi connectivity index (χ1v) is 16.1. The lowest BCUT2D eigenvalue weighted by Gasteiger charge is -2.40. The Kier molecular flexibility index (Phi) is 5.90. The van der Waals surface area contributed by atoms with E-state index in [0.29, 0.717) is 11.1 Å². The van der Waals surface area contributed by atoms with Gasteiger partial charge in [-0.05, 0) is 85.5 Å². The van der Waals surface area contributed by atoms with Crippen LogP contribution in [0, 0.1) is 0 Å². The number of halogens is 3. The number of thiophene rings is 1. The number of fused-ring (bicyclic) bond motifs is 2. The van der Waals surface area contributed by atoms with Crippen LogP contribution < -0.4 is 0 Å². The Labute approximate surface area is 265 Å². The Balaban J connectivity index is 1.34. The minimum absolute atomic E-state index is 0.142. The van der Waals surface area contributed by atoms with Crippen molar-refractivity contribution >= 4 is 43.8 Å². The Morgan fingerprint density at radius 3 is 2.40 bits per heavy atom. The molecule has 3 aromatic carbocycles. The van der Waals surface area contributed by atoms with Gasteiger partial charge in [0.2, 0.25) is 0 Å². The molecule has 1 unspecified atom stereocenters. The molecule has 1 nitrogen and oxygen atoms in total. The highest BCUT2D eigenvalue weighted by molar-refractivity contribution is 7.20. The largest absolute Gasteiger partial charge is 0.419 e. The van der Waals surface area contributed by atoms with Crippen LogP contribution in [0.5, 0.6) is 0 Å². The van der Waals surface area contributed by atoms with E-state index in [9.17, 15) is 13.2 Å². The van der Waals surface area contributed by atoms with Gasteiger partial charge in [0.1, 0.15) is 0 Å². The molecule has 0 N–H and O–H groups in total. The molecule has 0 radical (unpaired) electrons. The van der Waals surface area contributed by atoms with E-state index >= 15 is 0 Å². The maximum Gasteiger partial charge on any atom is 0.419 e. The molecule has 0 bridgehead atoms. The van der Waals surface area contributed by atoms with Crippen molar-refractivity contribution in [1.82, 2.24) is 4.98 Å². The molecule has 0 amide bonds. The fraction of sp³-hybridized carbons (Fsp3) is 0.225. The SMILES string of the molecule is CC(C)(C)c1cc(-c2ncc(C(F)(F)F)c3sc(C4=CC5=CC(C)(C)c6cccc7c6C5C(=C4)C=C7)cc23)cc2ccccc12. The molecule has 2 heterocycles. The number of allylic oxidation sites excluding steroid dienone is 7. The van der Waals surface area contributed by atoms with Crippen molar-refractivity contribution in [3.05, 3.63) is 135 Å². The summed E-state index contributed by atoms with van der Waals surface area (Å²) < 4.78 is 43.5. The van der Waals surface area contributed by atoms with Gasteiger partial charge in [-0.15, -0.1) is 11.3 Å². The Bertz CT molecular complexity index is 2210. The van der Waals surface area contributed by atoms with Crippen molar-refractivity contribution in [2.75, 3.05) is 0 Å². The van der Waals surface area contributed by atoms with Crippen LogP contribution in [0.2, 0.25) is 0 Å². The van der Waals surface area contributed by atoms with Crippen LogP contribution in [0.1, 0.15) is 73.2 Å². The molecular formula is C40H32F3NS. The third kappa shape index (κ3) is 4.39. The number of hydrogen-bond acceptors (Lipinski definition) is 2. The number of benzene rings is 3. The number of alkyl halides is 3. The predicted octanol–water partition coefficient (Wildman–Crippen LogP) is 11.8. The van der Waals surface area contributed by atoms with E-state index in [1.807, 2.05) is 18.2 Å². The minimum atomic E-state index is -4.52. The molecule has 0 saturated heterocycles. The van der Waals surface area contributed by atoms with Gasteiger partial charge in [-0.1, -0.05) is 95.3 Å². The average molecular weight is 616 g/mol. The molecule has 0 aliphatic heterocycles. The Hall–Kier alpha value is -4.22. The normalized spacial score (nSPS) is 18.5. The quantitative estimate of drug-likeness (QED) is 0.193. The van der Waals surface area contributed by atoms with Gasteiger partial charge in [0.25, 0.3) is 0 Å². The van der Waals surface area contributed by atoms with Crippen LogP contribution in [0.4, 0.5) is 13.2 Å². The van der Waals surface area contributed by atoms with Gasteiger partial charge < -0.3 is 0 Å². The molecule has 3 aliphatic rings. The topological polar surface area (TPSA) is 12.9 Å². The number of rotatable bonds is 2. The molecule has 5 aromatic rings. The summed E-state index contributed by atoms with van der Waals surface area (Å²) in [6.45, 7) is 11.0. The van der Waals surface area contributed by atoms with Crippen LogP contribution in [0.15, 0.2) is 102 Å². The Morgan fingerprint density at radius 1 is 0.822 bits per heavy atom. The van der Waals surface area contributed by atoms with Crippen molar-refractivity contribution in [3.63, 3.8) is 0 Å². The fourth-order valence-electron chi connectivity index (χ4n) is 7.46. The first-order chi connectivity index (χ1) is 21.3. The van der Waals surface area contributed by atoms with Gasteiger partial charge in [0.15, 0.2) is 0 Å². The molecule has 5 heteroatoms. The summed E-state index contributed by atoms with van der Waals surface area (Å²) in [6.07, 6.45) is 7.52. The minimum Gasteiger partial charge on any atom is -0.255 e. The fourth-order valence-corrected chi connectivity index (χ4v) is 8.64. The second kappa shape index (κ2) is 9.40. The monoisotopic (exact) mass is 615 g/mol. The van der Waals surface area contributed by atoms with Crippen LogP contribution in [0.3, 0.4) is 0 Å². The van der Waals surface area contributed by atoms with Crippen molar-refractivity contribution < 1.29 is 13.2 Å². The molecular weight excluding hydrogens is 584 g/mol. The maximum atomic E-state index is 14.4. The van der Waals surface area contributed by atoms with Crippen molar-refractivity contribution in [1.29, 1.82) is 0 Å². The van der Waals surface area contributed by atoms with Crippen LogP contribution >= 0.6 is 11.3 Å². The molecule has 45 heavy (non-hydrogen) atoms. The summed E-state index contributed by atoms with van der Waals surface area (Å²) in [5.74, 6) is 0.142. The lowest BCUT2D eigenvalue weighted by atomic mass is 9.63. The van der Waals surface area contributed by atoms with Crippen LogP contribution in [-0.4, -0.2) is 4.98 Å². The first kappa shape index (κ1) is 28.3. The molecule has 1 atom stereocenters. The molecule has 224 valence electrons. The van der Waals surface area contributed by atoms with E-state index in [1.54, 1.807) is 0 Å². The lowest BCUT2D eigenvalue weighted by Crippen LogP contribution is -2.27. The van der Waals surface area contributed by atoms with Crippen molar-refractivity contribution in [2.24, 2.45) is 0 Å². The molecule has 0 fully saturated rings. The van der Waals surface area contributed by atoms with E-state index in [-0.39, 0.29) is 21.4 Å². The summed E-state index contributed by atoms with van der Waals surface area (Å²) in [7, 11) is 0. The van der Waals surface area contributed by atoms with E-state index in [1.165, 1.54) is 39.2 Å². The summed E-state index contributed by atoms with van der Waals surface area (Å²) in [5, 5.41) is 2.73. The molecule has 0 saturated carbocycles. The highest BCUT2D eigenvalue weighted by atomic mass is 32.1. The van der Waals surface area contributed by atoms with E-state index < -0.39 is 11.7 Å². The zero-order valence-corrected chi connectivity index (χ0v) is 26.6. The standard InChI is InChI=1S/C40H32F3NS/c1-38(2,3)31-18-26(15-23-9-6-7-11-28(23)31)36-29-19-33(45-37(29)32(21-44-36)40(41,42)43)25-16-24-14-13-22-10-8-12-30-35(22)34(24)27(17-25)20-39(30,4)5/h6-21,34H,1-5H3. The highest BCUT2D eigenvalue weighted by Crippen LogP contribution is 2.53. The van der Waals surface area contributed by atoms with E-state index in [0.717, 1.165) is 38.5 Å². The predicted molar refractivity (Wildman–Crippen MR) is 182 cm³/mol. The zero-order chi connectivity index (χ0) is 31.5. The lowest BCUT2D eigenvalue weighted by molar-refractivity contribution is -0.136. The van der Waals surface area contributed by atoms with Gasteiger partial charge in [0, 0.05) is 33.4 Å². The highest BCUT2D eigenvalue weighted by Gasteiger charge is 2.39. The third-order valence-electron chi connectivity index (χ3n) is 9.50. The molecule has 2 aromatic heterocycles. The van der Waals surface area contributed by atoms with Gasteiger partial charge in [-0.25, -0.2) is 0 Å². The zero-order valence-electron chi connectivity index (χ0n) is 25.8. The molecule has 8 rings (SSSR count). The summed E-state index contributed by atoms with van der Waals surface area (Å²) in [5.41, 5.74) is 8.76. The summed E-state index contributed by atoms with van der Waals surface area (Å²) in [4.78, 5) is 5.32. The van der Waals surface area contributed by atoms with Crippen molar-refractivity contribution in [3.8, 4) is 11.3 Å². The van der Waals surface area contributed by atoms with Crippen LogP contribution in [0.25, 0.3) is 43.8 Å². The van der Waals surface area contributed by atoms with Gasteiger partial charge in [0.05, 0.1) is 16.0 Å². The Morgan fingerprint density at radius 2 is 1.62 bits per heavy atom. The maximum absolute atomic E-state index is 14.4. The van der Waals surface area contributed by atoms with Crippen LogP contribution in [-0.2, 0) is 17.0 Å². The molecule has 0 spiro atoms.